The second-order valence-corrected chi connectivity index (χ2v) is 4.37. The van der Waals surface area contributed by atoms with Crippen LogP contribution < -0.4 is 5.32 Å². The van der Waals surface area contributed by atoms with Gasteiger partial charge in [-0.2, -0.15) is 5.26 Å². The van der Waals surface area contributed by atoms with Gasteiger partial charge in [-0.25, -0.2) is 9.48 Å². The van der Waals surface area contributed by atoms with Gasteiger partial charge in [-0.1, -0.05) is 5.21 Å². The molecule has 0 radical (unpaired) electrons. The van der Waals surface area contributed by atoms with Crippen molar-refractivity contribution in [1.29, 1.82) is 5.26 Å². The third-order valence-corrected chi connectivity index (χ3v) is 2.42. The molecule has 1 heterocycles. The quantitative estimate of drug-likeness (QED) is 0.734. The van der Waals surface area contributed by atoms with Gasteiger partial charge in [0, 0.05) is 13.6 Å². The lowest BCUT2D eigenvalue weighted by Gasteiger charge is -2.18. The molecule has 0 saturated carbocycles. The van der Waals surface area contributed by atoms with E-state index in [1.165, 1.54) is 15.8 Å². The Kier molecular flexibility index (Phi) is 5.46. The maximum absolute atomic E-state index is 11.7. The van der Waals surface area contributed by atoms with E-state index in [2.05, 4.69) is 15.6 Å². The number of carbonyl (C=O) groups is 2. The van der Waals surface area contributed by atoms with Gasteiger partial charge in [-0.05, 0) is 6.92 Å². The number of rotatable bonds is 6. The highest BCUT2D eigenvalue weighted by Gasteiger charge is 2.12. The molecule has 20 heavy (non-hydrogen) atoms. The molecule has 0 aliphatic carbocycles. The summed E-state index contributed by atoms with van der Waals surface area (Å²) in [4.78, 5) is 23.6. The number of nitrogens with zero attached hydrogens (tertiary/aromatic N) is 5. The highest BCUT2D eigenvalue weighted by Crippen LogP contribution is 1.98. The summed E-state index contributed by atoms with van der Waals surface area (Å²) in [6.07, 6.45) is 1.45. The van der Waals surface area contributed by atoms with E-state index in [0.29, 0.717) is 12.2 Å². The van der Waals surface area contributed by atoms with Gasteiger partial charge in [-0.15, -0.1) is 5.10 Å². The highest BCUT2D eigenvalue weighted by molar-refractivity contribution is 5.73. The number of carboxylic acids is 1. The lowest BCUT2D eigenvalue weighted by atomic mass is 10.2. The third-order valence-electron chi connectivity index (χ3n) is 2.42. The Hall–Kier alpha value is -2.63. The van der Waals surface area contributed by atoms with Gasteiger partial charge in [0.1, 0.15) is 12.2 Å². The number of urea groups is 1. The number of hydrogen-bond donors (Lipinski definition) is 2. The molecule has 0 fully saturated rings. The zero-order chi connectivity index (χ0) is 15.1. The van der Waals surface area contributed by atoms with E-state index in [0.717, 1.165) is 0 Å². The summed E-state index contributed by atoms with van der Waals surface area (Å²) in [5.74, 6) is -1.27. The molecule has 1 aromatic rings. The molecule has 2 amide bonds. The fourth-order valence-corrected chi connectivity index (χ4v) is 1.47. The van der Waals surface area contributed by atoms with Crippen LogP contribution in [0.2, 0.25) is 0 Å². The zero-order valence-corrected chi connectivity index (χ0v) is 11.3. The van der Waals surface area contributed by atoms with Crippen LogP contribution in [0, 0.1) is 17.2 Å². The maximum atomic E-state index is 11.7. The summed E-state index contributed by atoms with van der Waals surface area (Å²) in [5, 5.41) is 27.2. The molecule has 2 N–H and O–H groups in total. The van der Waals surface area contributed by atoms with E-state index in [-0.39, 0.29) is 25.0 Å². The standard InChI is InChI=1S/C11H16N6O3/c1-8(3-12)5-16(2)11(20)13-4-9-6-17(15-14-9)7-10(18)19/h6,8H,4-5,7H2,1-2H3,(H,13,20)(H,18,19). The van der Waals surface area contributed by atoms with Crippen molar-refractivity contribution < 1.29 is 14.7 Å². The van der Waals surface area contributed by atoms with E-state index in [1.807, 2.05) is 6.07 Å². The summed E-state index contributed by atoms with van der Waals surface area (Å²) in [6.45, 7) is 1.92. The maximum Gasteiger partial charge on any atom is 0.325 e. The molecule has 1 aromatic heterocycles. The van der Waals surface area contributed by atoms with Crippen LogP contribution in [0.4, 0.5) is 4.79 Å². The molecule has 1 atom stereocenters. The summed E-state index contributed by atoms with van der Waals surface area (Å²) in [7, 11) is 1.59. The fourth-order valence-electron chi connectivity index (χ4n) is 1.47. The molecule has 1 unspecified atom stereocenters. The first-order chi connectivity index (χ1) is 9.42. The minimum Gasteiger partial charge on any atom is -0.480 e. The van der Waals surface area contributed by atoms with Crippen molar-refractivity contribution in [1.82, 2.24) is 25.2 Å². The monoisotopic (exact) mass is 280 g/mol. The minimum absolute atomic E-state index is 0.143. The SMILES string of the molecule is CC(C#N)CN(C)C(=O)NCc1cn(CC(=O)O)nn1. The van der Waals surface area contributed by atoms with E-state index < -0.39 is 5.97 Å². The predicted octanol–water partition coefficient (Wildman–Crippen LogP) is -0.336. The smallest absolute Gasteiger partial charge is 0.325 e. The molecule has 9 nitrogen and oxygen atoms in total. The first-order valence-corrected chi connectivity index (χ1v) is 5.91. The van der Waals surface area contributed by atoms with Gasteiger partial charge in [0.2, 0.25) is 0 Å². The molecule has 0 saturated heterocycles. The molecule has 0 bridgehead atoms. The van der Waals surface area contributed by atoms with Crippen molar-refractivity contribution in [2.45, 2.75) is 20.0 Å². The largest absolute Gasteiger partial charge is 0.480 e. The van der Waals surface area contributed by atoms with Gasteiger partial charge in [-0.3, -0.25) is 4.79 Å². The number of hydrogen-bond acceptors (Lipinski definition) is 5. The summed E-state index contributed by atoms with van der Waals surface area (Å²) in [6, 6.07) is 1.71. The van der Waals surface area contributed by atoms with Crippen molar-refractivity contribution in [3.05, 3.63) is 11.9 Å². The zero-order valence-electron chi connectivity index (χ0n) is 11.3. The molecule has 9 heteroatoms. The Morgan fingerprint density at radius 3 is 2.95 bits per heavy atom. The number of nitrogens with one attached hydrogen (secondary N) is 1. The average Bonchev–Trinajstić information content (AvgIpc) is 2.82. The molecule has 0 aliphatic heterocycles. The van der Waals surface area contributed by atoms with Gasteiger partial charge in [0.25, 0.3) is 0 Å². The summed E-state index contributed by atoms with van der Waals surface area (Å²) >= 11 is 0. The Morgan fingerprint density at radius 1 is 1.65 bits per heavy atom. The summed E-state index contributed by atoms with van der Waals surface area (Å²) < 4.78 is 1.17. The summed E-state index contributed by atoms with van der Waals surface area (Å²) in [5.41, 5.74) is 0.460. The fraction of sp³-hybridized carbons (Fsp3) is 0.545. The van der Waals surface area contributed by atoms with Gasteiger partial charge < -0.3 is 15.3 Å². The van der Waals surface area contributed by atoms with Crippen molar-refractivity contribution >= 4 is 12.0 Å². The van der Waals surface area contributed by atoms with Gasteiger partial charge >= 0.3 is 12.0 Å². The number of nitriles is 1. The van der Waals surface area contributed by atoms with E-state index in [1.54, 1.807) is 14.0 Å². The average molecular weight is 280 g/mol. The van der Waals surface area contributed by atoms with Crippen LogP contribution in [0.15, 0.2) is 6.20 Å². The van der Waals surface area contributed by atoms with Gasteiger partial charge in [0.05, 0.1) is 24.7 Å². The van der Waals surface area contributed by atoms with E-state index in [9.17, 15) is 9.59 Å². The first kappa shape index (κ1) is 15.4. The van der Waals surface area contributed by atoms with Crippen molar-refractivity contribution in [2.24, 2.45) is 5.92 Å². The lowest BCUT2D eigenvalue weighted by Crippen LogP contribution is -2.39. The van der Waals surface area contributed by atoms with E-state index >= 15 is 0 Å². The lowest BCUT2D eigenvalue weighted by molar-refractivity contribution is -0.137. The molecule has 1 rings (SSSR count). The second kappa shape index (κ2) is 7.08. The van der Waals surface area contributed by atoms with Crippen LogP contribution in [0.3, 0.4) is 0 Å². The molecule has 0 aromatic carbocycles. The Morgan fingerprint density at radius 2 is 2.35 bits per heavy atom. The van der Waals surface area contributed by atoms with Crippen LogP contribution in [0.25, 0.3) is 0 Å². The Labute approximate surface area is 115 Å². The normalized spacial score (nSPS) is 11.4. The van der Waals surface area contributed by atoms with Crippen LogP contribution in [0.1, 0.15) is 12.6 Å². The van der Waals surface area contributed by atoms with Crippen molar-refractivity contribution in [3.8, 4) is 6.07 Å². The Balaban J connectivity index is 2.43. The number of amides is 2. The van der Waals surface area contributed by atoms with Crippen molar-refractivity contribution in [2.75, 3.05) is 13.6 Å². The number of aliphatic carboxylic acids is 1. The van der Waals surface area contributed by atoms with Crippen molar-refractivity contribution in [3.63, 3.8) is 0 Å². The van der Waals surface area contributed by atoms with Crippen LogP contribution >= 0.6 is 0 Å². The third kappa shape index (κ3) is 4.93. The first-order valence-electron chi connectivity index (χ1n) is 5.91. The van der Waals surface area contributed by atoms with Gasteiger partial charge in [0.15, 0.2) is 0 Å². The van der Waals surface area contributed by atoms with Crippen LogP contribution in [-0.4, -0.2) is 50.6 Å². The number of carbonyl (C=O) groups excluding carboxylic acids is 1. The highest BCUT2D eigenvalue weighted by atomic mass is 16.4. The topological polar surface area (TPSA) is 124 Å². The molecule has 0 spiro atoms. The van der Waals surface area contributed by atoms with Crippen LogP contribution in [-0.2, 0) is 17.9 Å². The Bertz CT molecular complexity index is 520. The second-order valence-electron chi connectivity index (χ2n) is 4.37. The molecule has 0 aliphatic rings. The molecule has 108 valence electrons. The minimum atomic E-state index is -1.02. The van der Waals surface area contributed by atoms with Crippen LogP contribution in [0.5, 0.6) is 0 Å². The van der Waals surface area contributed by atoms with E-state index in [4.69, 9.17) is 10.4 Å². The number of carboxylic acid groups (broad SMARTS) is 1. The predicted molar refractivity (Wildman–Crippen MR) is 67.3 cm³/mol. The number of aromatic nitrogens is 3. The molecular weight excluding hydrogens is 264 g/mol. The molecular formula is C11H16N6O3.